The molecule has 0 bridgehead atoms. The smallest absolute Gasteiger partial charge is 0.305 e. The van der Waals surface area contributed by atoms with Gasteiger partial charge in [0, 0.05) is 6.92 Å². The van der Waals surface area contributed by atoms with E-state index in [1.807, 2.05) is 0 Å². The fraction of sp³-hybridized carbons (Fsp3) is 0.769. The second kappa shape index (κ2) is 14.4. The molecular formula is C13H24O7. The van der Waals surface area contributed by atoms with E-state index in [4.69, 9.17) is 28.8 Å². The molecule has 0 aromatic carbocycles. The van der Waals surface area contributed by atoms with Gasteiger partial charge in [0.15, 0.2) is 0 Å². The highest BCUT2D eigenvalue weighted by atomic mass is 16.7. The van der Waals surface area contributed by atoms with Gasteiger partial charge in [0.25, 0.3) is 0 Å². The Morgan fingerprint density at radius 3 is 2.30 bits per heavy atom. The third-order valence-electron chi connectivity index (χ3n) is 1.93. The Morgan fingerprint density at radius 1 is 1.15 bits per heavy atom. The standard InChI is InChI=1S/C13H24O7/c1-3-5-19-13(20-12(2)15)11-18-10-9-17-8-7-16-6-4-14/h3,13-14H,1,4-11H2,2H3. The molecule has 0 aromatic heterocycles. The van der Waals surface area contributed by atoms with E-state index in [-0.39, 0.29) is 19.8 Å². The van der Waals surface area contributed by atoms with Gasteiger partial charge in [-0.05, 0) is 0 Å². The van der Waals surface area contributed by atoms with Crippen molar-refractivity contribution in [3.63, 3.8) is 0 Å². The Hall–Kier alpha value is -0.990. The summed E-state index contributed by atoms with van der Waals surface area (Å²) in [5.74, 6) is -0.431. The largest absolute Gasteiger partial charge is 0.433 e. The predicted octanol–water partition coefficient (Wildman–Crippen LogP) is 0.120. The molecule has 7 nitrogen and oxygen atoms in total. The average molecular weight is 292 g/mol. The van der Waals surface area contributed by atoms with E-state index < -0.39 is 12.3 Å². The van der Waals surface area contributed by atoms with Gasteiger partial charge in [-0.1, -0.05) is 6.08 Å². The molecule has 0 amide bonds. The second-order valence-corrected chi connectivity index (χ2v) is 3.68. The molecule has 0 fully saturated rings. The van der Waals surface area contributed by atoms with Crippen LogP contribution >= 0.6 is 0 Å². The summed E-state index contributed by atoms with van der Waals surface area (Å²) in [6.07, 6.45) is 0.824. The average Bonchev–Trinajstić information content (AvgIpc) is 2.42. The molecule has 0 aromatic rings. The lowest BCUT2D eigenvalue weighted by atomic mass is 10.6. The minimum absolute atomic E-state index is 0.00531. The number of carbonyl (C=O) groups is 1. The quantitative estimate of drug-likeness (QED) is 0.211. The topological polar surface area (TPSA) is 83.5 Å². The van der Waals surface area contributed by atoms with Crippen molar-refractivity contribution in [3.8, 4) is 0 Å². The molecule has 0 saturated carbocycles. The minimum atomic E-state index is -0.738. The zero-order chi connectivity index (χ0) is 15.1. The molecule has 118 valence electrons. The van der Waals surface area contributed by atoms with E-state index in [1.54, 1.807) is 6.08 Å². The van der Waals surface area contributed by atoms with Gasteiger partial charge in [-0.2, -0.15) is 0 Å². The summed E-state index contributed by atoms with van der Waals surface area (Å²) in [4.78, 5) is 10.8. The van der Waals surface area contributed by atoms with Crippen LogP contribution in [0.5, 0.6) is 0 Å². The molecule has 1 unspecified atom stereocenters. The first-order chi connectivity index (χ1) is 9.70. The van der Waals surface area contributed by atoms with Crippen LogP contribution in [0.25, 0.3) is 0 Å². The summed E-state index contributed by atoms with van der Waals surface area (Å²) < 4.78 is 25.6. The van der Waals surface area contributed by atoms with Gasteiger partial charge in [0.05, 0.1) is 46.2 Å². The summed E-state index contributed by atoms with van der Waals surface area (Å²) in [5, 5.41) is 8.48. The third-order valence-corrected chi connectivity index (χ3v) is 1.93. The Bertz CT molecular complexity index is 245. The van der Waals surface area contributed by atoms with Crippen molar-refractivity contribution >= 4 is 5.97 Å². The van der Waals surface area contributed by atoms with E-state index in [9.17, 15) is 4.79 Å². The van der Waals surface area contributed by atoms with E-state index in [1.165, 1.54) is 6.92 Å². The minimum Gasteiger partial charge on any atom is -0.433 e. The molecule has 0 saturated heterocycles. The number of hydrogen-bond acceptors (Lipinski definition) is 7. The van der Waals surface area contributed by atoms with Gasteiger partial charge in [-0.3, -0.25) is 4.79 Å². The first-order valence-electron chi connectivity index (χ1n) is 6.44. The lowest BCUT2D eigenvalue weighted by molar-refractivity contribution is -0.186. The molecule has 1 atom stereocenters. The van der Waals surface area contributed by atoms with Gasteiger partial charge < -0.3 is 28.8 Å². The van der Waals surface area contributed by atoms with Crippen molar-refractivity contribution in [2.75, 3.05) is 52.9 Å². The Kier molecular flexibility index (Phi) is 13.7. The molecule has 0 radical (unpaired) electrons. The third kappa shape index (κ3) is 13.4. The van der Waals surface area contributed by atoms with Crippen molar-refractivity contribution < 1.29 is 33.6 Å². The maximum absolute atomic E-state index is 10.8. The number of esters is 1. The van der Waals surface area contributed by atoms with Gasteiger partial charge in [-0.15, -0.1) is 6.58 Å². The molecule has 7 heteroatoms. The highest BCUT2D eigenvalue weighted by Gasteiger charge is 2.11. The molecular weight excluding hydrogens is 268 g/mol. The van der Waals surface area contributed by atoms with Crippen molar-refractivity contribution in [1.29, 1.82) is 0 Å². The maximum atomic E-state index is 10.8. The fourth-order valence-electron chi connectivity index (χ4n) is 1.16. The Balaban J connectivity index is 3.47. The lowest BCUT2D eigenvalue weighted by Crippen LogP contribution is -2.26. The van der Waals surface area contributed by atoms with Crippen LogP contribution in [0.15, 0.2) is 12.7 Å². The van der Waals surface area contributed by atoms with E-state index >= 15 is 0 Å². The van der Waals surface area contributed by atoms with Crippen LogP contribution in [0.2, 0.25) is 0 Å². The second-order valence-electron chi connectivity index (χ2n) is 3.68. The van der Waals surface area contributed by atoms with Crippen LogP contribution in [0, 0.1) is 0 Å². The summed E-state index contributed by atoms with van der Waals surface area (Å²) in [7, 11) is 0. The molecule has 0 heterocycles. The summed E-state index contributed by atoms with van der Waals surface area (Å²) in [6, 6.07) is 0. The van der Waals surface area contributed by atoms with Crippen LogP contribution in [0.1, 0.15) is 6.92 Å². The van der Waals surface area contributed by atoms with Crippen molar-refractivity contribution in [2.24, 2.45) is 0 Å². The predicted molar refractivity (Wildman–Crippen MR) is 71.2 cm³/mol. The summed E-state index contributed by atoms with van der Waals surface area (Å²) in [5.41, 5.74) is 0. The van der Waals surface area contributed by atoms with Crippen molar-refractivity contribution in [3.05, 3.63) is 12.7 Å². The number of ether oxygens (including phenoxy) is 5. The van der Waals surface area contributed by atoms with Gasteiger partial charge in [0.1, 0.15) is 6.61 Å². The molecule has 0 aliphatic carbocycles. The van der Waals surface area contributed by atoms with E-state index in [0.29, 0.717) is 33.0 Å². The number of aliphatic hydroxyl groups excluding tert-OH is 1. The highest BCUT2D eigenvalue weighted by molar-refractivity contribution is 5.66. The van der Waals surface area contributed by atoms with Crippen LogP contribution in [0.3, 0.4) is 0 Å². The van der Waals surface area contributed by atoms with Crippen LogP contribution in [0.4, 0.5) is 0 Å². The fourth-order valence-corrected chi connectivity index (χ4v) is 1.16. The molecule has 0 spiro atoms. The first kappa shape index (κ1) is 19.0. The highest BCUT2D eigenvalue weighted by Crippen LogP contribution is 1.97. The van der Waals surface area contributed by atoms with E-state index in [2.05, 4.69) is 6.58 Å². The van der Waals surface area contributed by atoms with Gasteiger partial charge in [0.2, 0.25) is 6.29 Å². The Morgan fingerprint density at radius 2 is 1.75 bits per heavy atom. The number of carbonyl (C=O) groups excluding carboxylic acids is 1. The van der Waals surface area contributed by atoms with E-state index in [0.717, 1.165) is 0 Å². The SMILES string of the molecule is C=CCOC(COCCOCCOCCO)OC(C)=O. The molecule has 20 heavy (non-hydrogen) atoms. The zero-order valence-corrected chi connectivity index (χ0v) is 11.9. The van der Waals surface area contributed by atoms with Crippen molar-refractivity contribution in [2.45, 2.75) is 13.2 Å². The zero-order valence-electron chi connectivity index (χ0n) is 11.9. The number of aliphatic hydroxyl groups is 1. The summed E-state index contributed by atoms with van der Waals surface area (Å²) in [6.45, 7) is 7.16. The normalized spacial score (nSPS) is 12.1. The number of hydrogen-bond donors (Lipinski definition) is 1. The molecule has 0 aliphatic heterocycles. The lowest BCUT2D eigenvalue weighted by Gasteiger charge is -2.16. The van der Waals surface area contributed by atoms with Crippen LogP contribution < -0.4 is 0 Å². The molecule has 0 rings (SSSR count). The first-order valence-corrected chi connectivity index (χ1v) is 6.44. The van der Waals surface area contributed by atoms with Crippen molar-refractivity contribution in [1.82, 2.24) is 0 Å². The maximum Gasteiger partial charge on any atom is 0.305 e. The monoisotopic (exact) mass is 292 g/mol. The van der Waals surface area contributed by atoms with Crippen LogP contribution in [-0.4, -0.2) is 70.2 Å². The Labute approximate surface area is 119 Å². The number of rotatable bonds is 14. The van der Waals surface area contributed by atoms with Gasteiger partial charge in [-0.25, -0.2) is 0 Å². The van der Waals surface area contributed by atoms with Gasteiger partial charge >= 0.3 is 5.97 Å². The summed E-state index contributed by atoms with van der Waals surface area (Å²) >= 11 is 0. The molecule has 1 N–H and O–H groups in total. The molecule has 0 aliphatic rings. The van der Waals surface area contributed by atoms with Crippen LogP contribution in [-0.2, 0) is 28.5 Å².